The molecule has 0 aliphatic heterocycles. The largest absolute Gasteiger partial charge is 0.316 e. The molecular formula is C14H17FN2S. The molecule has 1 aromatic carbocycles. The lowest BCUT2D eigenvalue weighted by atomic mass is 9.95. The molecule has 1 heterocycles. The average Bonchev–Trinajstić information content (AvgIpc) is 2.88. The van der Waals surface area contributed by atoms with Crippen LogP contribution in [-0.4, -0.2) is 18.1 Å². The van der Waals surface area contributed by atoms with E-state index in [2.05, 4.69) is 17.2 Å². The van der Waals surface area contributed by atoms with Crippen molar-refractivity contribution >= 4 is 11.3 Å². The molecule has 0 bridgehead atoms. The Morgan fingerprint density at radius 1 is 1.39 bits per heavy atom. The van der Waals surface area contributed by atoms with Crippen LogP contribution in [0.25, 0.3) is 0 Å². The molecule has 2 rings (SSSR count). The van der Waals surface area contributed by atoms with Gasteiger partial charge in [0.25, 0.3) is 0 Å². The van der Waals surface area contributed by atoms with Gasteiger partial charge in [-0.1, -0.05) is 25.1 Å². The summed E-state index contributed by atoms with van der Waals surface area (Å²) in [6, 6.07) is 7.01. The van der Waals surface area contributed by atoms with Gasteiger partial charge in [-0.3, -0.25) is 0 Å². The van der Waals surface area contributed by atoms with Gasteiger partial charge in [-0.25, -0.2) is 9.37 Å². The van der Waals surface area contributed by atoms with Crippen molar-refractivity contribution in [3.8, 4) is 0 Å². The standard InChI is InChI=1S/C14H17FN2S/c1-2-16-10-11(9-14-17-7-8-18-14)12-5-3-4-6-13(12)15/h3-8,11,16H,2,9-10H2,1H3. The van der Waals surface area contributed by atoms with E-state index in [0.29, 0.717) is 0 Å². The van der Waals surface area contributed by atoms with Crippen LogP contribution in [-0.2, 0) is 6.42 Å². The molecule has 0 spiro atoms. The number of thiazole rings is 1. The van der Waals surface area contributed by atoms with Crippen LogP contribution < -0.4 is 5.32 Å². The molecule has 18 heavy (non-hydrogen) atoms. The molecule has 0 fully saturated rings. The predicted molar refractivity (Wildman–Crippen MR) is 73.5 cm³/mol. The van der Waals surface area contributed by atoms with Gasteiger partial charge in [0.05, 0.1) is 5.01 Å². The molecule has 1 atom stereocenters. The summed E-state index contributed by atoms with van der Waals surface area (Å²) in [5.41, 5.74) is 0.772. The lowest BCUT2D eigenvalue weighted by Crippen LogP contribution is -2.23. The number of aromatic nitrogens is 1. The molecule has 0 saturated heterocycles. The number of halogens is 1. The highest BCUT2D eigenvalue weighted by Gasteiger charge is 2.16. The van der Waals surface area contributed by atoms with E-state index >= 15 is 0 Å². The normalized spacial score (nSPS) is 12.6. The molecule has 4 heteroatoms. The number of hydrogen-bond donors (Lipinski definition) is 1. The zero-order valence-electron chi connectivity index (χ0n) is 10.4. The van der Waals surface area contributed by atoms with Crippen molar-refractivity contribution < 1.29 is 4.39 Å². The quantitative estimate of drug-likeness (QED) is 0.866. The van der Waals surface area contributed by atoms with E-state index in [1.54, 1.807) is 23.6 Å². The van der Waals surface area contributed by atoms with Crippen LogP contribution in [0.2, 0.25) is 0 Å². The molecular weight excluding hydrogens is 247 g/mol. The summed E-state index contributed by atoms with van der Waals surface area (Å²) in [6.45, 7) is 3.72. The Morgan fingerprint density at radius 3 is 2.89 bits per heavy atom. The smallest absolute Gasteiger partial charge is 0.126 e. The molecule has 96 valence electrons. The van der Waals surface area contributed by atoms with Gasteiger partial charge < -0.3 is 5.32 Å². The molecule has 0 aliphatic rings. The van der Waals surface area contributed by atoms with Gasteiger partial charge in [-0.05, 0) is 18.2 Å². The first kappa shape index (κ1) is 13.2. The number of rotatable bonds is 6. The van der Waals surface area contributed by atoms with Crippen LogP contribution in [0, 0.1) is 5.82 Å². The van der Waals surface area contributed by atoms with Crippen LogP contribution in [0.5, 0.6) is 0 Å². The molecule has 1 N–H and O–H groups in total. The molecule has 0 amide bonds. The fraction of sp³-hybridized carbons (Fsp3) is 0.357. The number of hydrogen-bond acceptors (Lipinski definition) is 3. The minimum absolute atomic E-state index is 0.128. The highest BCUT2D eigenvalue weighted by molar-refractivity contribution is 7.09. The third-order valence-corrected chi connectivity index (χ3v) is 3.69. The van der Waals surface area contributed by atoms with Crippen LogP contribution in [0.4, 0.5) is 4.39 Å². The van der Waals surface area contributed by atoms with E-state index < -0.39 is 0 Å². The number of likely N-dealkylation sites (N-methyl/N-ethyl adjacent to an activating group) is 1. The lowest BCUT2D eigenvalue weighted by molar-refractivity contribution is 0.544. The summed E-state index contributed by atoms with van der Waals surface area (Å²) in [5, 5.41) is 6.31. The molecule has 0 aliphatic carbocycles. The Morgan fingerprint density at radius 2 is 2.22 bits per heavy atom. The summed E-state index contributed by atoms with van der Waals surface area (Å²) in [5.74, 6) is 0.00857. The minimum Gasteiger partial charge on any atom is -0.316 e. The van der Waals surface area contributed by atoms with Gasteiger partial charge in [0.15, 0.2) is 0 Å². The second-order valence-electron chi connectivity index (χ2n) is 4.16. The summed E-state index contributed by atoms with van der Waals surface area (Å²) >= 11 is 1.62. The van der Waals surface area contributed by atoms with E-state index in [9.17, 15) is 4.39 Å². The Hall–Kier alpha value is -1.26. The molecule has 2 nitrogen and oxygen atoms in total. The van der Waals surface area contributed by atoms with Gasteiger partial charge in [0.2, 0.25) is 0 Å². The zero-order chi connectivity index (χ0) is 12.8. The molecule has 0 radical (unpaired) electrons. The lowest BCUT2D eigenvalue weighted by Gasteiger charge is -2.17. The monoisotopic (exact) mass is 264 g/mol. The zero-order valence-corrected chi connectivity index (χ0v) is 11.2. The fourth-order valence-electron chi connectivity index (χ4n) is 1.98. The first-order chi connectivity index (χ1) is 8.81. The molecule has 1 unspecified atom stereocenters. The Balaban J connectivity index is 2.16. The summed E-state index contributed by atoms with van der Waals surface area (Å²) in [4.78, 5) is 4.29. The Kier molecular flexibility index (Phi) is 4.84. The van der Waals surface area contributed by atoms with E-state index in [1.165, 1.54) is 6.07 Å². The van der Waals surface area contributed by atoms with Crippen molar-refractivity contribution in [2.24, 2.45) is 0 Å². The number of nitrogens with one attached hydrogen (secondary N) is 1. The van der Waals surface area contributed by atoms with E-state index in [1.807, 2.05) is 17.5 Å². The van der Waals surface area contributed by atoms with Crippen LogP contribution in [0.3, 0.4) is 0 Å². The highest BCUT2D eigenvalue weighted by atomic mass is 32.1. The highest BCUT2D eigenvalue weighted by Crippen LogP contribution is 2.23. The maximum Gasteiger partial charge on any atom is 0.126 e. The SMILES string of the molecule is CCNCC(Cc1nccs1)c1ccccc1F. The second kappa shape index (κ2) is 6.61. The van der Waals surface area contributed by atoms with Crippen molar-refractivity contribution in [2.75, 3.05) is 13.1 Å². The topological polar surface area (TPSA) is 24.9 Å². The number of benzene rings is 1. The number of nitrogens with zero attached hydrogens (tertiary/aromatic N) is 1. The Labute approximate surface area is 111 Å². The minimum atomic E-state index is -0.128. The molecule has 2 aromatic rings. The second-order valence-corrected chi connectivity index (χ2v) is 5.14. The first-order valence-electron chi connectivity index (χ1n) is 6.14. The van der Waals surface area contributed by atoms with E-state index in [-0.39, 0.29) is 11.7 Å². The predicted octanol–water partition coefficient (Wildman–Crippen LogP) is 3.22. The summed E-state index contributed by atoms with van der Waals surface area (Å²) in [7, 11) is 0. The molecule has 1 aromatic heterocycles. The van der Waals surface area contributed by atoms with Gasteiger partial charge >= 0.3 is 0 Å². The van der Waals surface area contributed by atoms with Gasteiger partial charge in [0.1, 0.15) is 5.82 Å². The van der Waals surface area contributed by atoms with Crippen LogP contribution >= 0.6 is 11.3 Å². The van der Waals surface area contributed by atoms with Crippen molar-refractivity contribution in [1.29, 1.82) is 0 Å². The maximum absolute atomic E-state index is 13.9. The van der Waals surface area contributed by atoms with Gasteiger partial charge in [0, 0.05) is 30.5 Å². The van der Waals surface area contributed by atoms with Crippen molar-refractivity contribution in [1.82, 2.24) is 10.3 Å². The molecule has 0 saturated carbocycles. The first-order valence-corrected chi connectivity index (χ1v) is 7.02. The third kappa shape index (κ3) is 3.37. The van der Waals surface area contributed by atoms with Gasteiger partial charge in [-0.2, -0.15) is 0 Å². The van der Waals surface area contributed by atoms with E-state index in [0.717, 1.165) is 30.1 Å². The third-order valence-electron chi connectivity index (χ3n) is 2.89. The maximum atomic E-state index is 13.9. The van der Waals surface area contributed by atoms with Crippen LogP contribution in [0.1, 0.15) is 23.4 Å². The van der Waals surface area contributed by atoms with Crippen molar-refractivity contribution in [3.05, 3.63) is 52.2 Å². The fourth-order valence-corrected chi connectivity index (χ4v) is 2.68. The summed E-state index contributed by atoms with van der Waals surface area (Å²) < 4.78 is 13.9. The van der Waals surface area contributed by atoms with Crippen molar-refractivity contribution in [2.45, 2.75) is 19.3 Å². The van der Waals surface area contributed by atoms with E-state index in [4.69, 9.17) is 0 Å². The van der Waals surface area contributed by atoms with Gasteiger partial charge in [-0.15, -0.1) is 11.3 Å². The summed E-state index contributed by atoms with van der Waals surface area (Å²) in [6.07, 6.45) is 2.58. The van der Waals surface area contributed by atoms with Crippen LogP contribution in [0.15, 0.2) is 35.8 Å². The Bertz CT molecular complexity index is 470. The average molecular weight is 264 g/mol. The van der Waals surface area contributed by atoms with Crippen molar-refractivity contribution in [3.63, 3.8) is 0 Å².